The zero-order chi connectivity index (χ0) is 23.9. The molecule has 3 aromatic carbocycles. The number of non-ortho nitro benzene ring substituents is 1. The molecule has 0 aliphatic heterocycles. The minimum atomic E-state index is -0.540. The SMILES string of the molecule is O=C(NCc1nnc(SCc2ccccc2)n1-c1ccc([N+](=O)[O-])cc1)Nc1cccc(F)c1. The van der Waals surface area contributed by atoms with Gasteiger partial charge in [-0.3, -0.25) is 14.7 Å². The summed E-state index contributed by atoms with van der Waals surface area (Å²) in [5, 5.41) is 25.3. The van der Waals surface area contributed by atoms with E-state index in [1.165, 1.54) is 42.1 Å². The first-order chi connectivity index (χ1) is 16.5. The lowest BCUT2D eigenvalue weighted by Gasteiger charge is -2.11. The lowest BCUT2D eigenvalue weighted by Crippen LogP contribution is -2.29. The number of hydrogen-bond donors (Lipinski definition) is 2. The van der Waals surface area contributed by atoms with Crippen LogP contribution in [0.4, 0.5) is 20.6 Å². The molecule has 0 bridgehead atoms. The van der Waals surface area contributed by atoms with Crippen LogP contribution in [0.25, 0.3) is 5.69 Å². The smallest absolute Gasteiger partial charge is 0.319 e. The predicted octanol–water partition coefficient (Wildman–Crippen LogP) is 4.93. The Balaban J connectivity index is 1.54. The number of amides is 2. The third-order valence-corrected chi connectivity index (χ3v) is 5.72. The highest BCUT2D eigenvalue weighted by Gasteiger charge is 2.17. The zero-order valence-electron chi connectivity index (χ0n) is 17.7. The maximum atomic E-state index is 13.3. The second-order valence-electron chi connectivity index (χ2n) is 7.10. The number of nitro groups is 1. The van der Waals surface area contributed by atoms with Crippen molar-refractivity contribution in [3.05, 3.63) is 106 Å². The van der Waals surface area contributed by atoms with Crippen molar-refractivity contribution >= 4 is 29.2 Å². The number of nitrogens with one attached hydrogen (secondary N) is 2. The number of carbonyl (C=O) groups excluding carboxylic acids is 1. The van der Waals surface area contributed by atoms with Crippen LogP contribution in [-0.2, 0) is 12.3 Å². The van der Waals surface area contributed by atoms with E-state index in [1.807, 2.05) is 30.3 Å². The van der Waals surface area contributed by atoms with E-state index in [1.54, 1.807) is 22.8 Å². The second-order valence-corrected chi connectivity index (χ2v) is 8.04. The fraction of sp³-hybridized carbons (Fsp3) is 0.0870. The zero-order valence-corrected chi connectivity index (χ0v) is 18.5. The molecule has 0 aliphatic carbocycles. The van der Waals surface area contributed by atoms with E-state index >= 15 is 0 Å². The van der Waals surface area contributed by atoms with Gasteiger partial charge in [0.25, 0.3) is 5.69 Å². The molecule has 0 radical (unpaired) electrons. The second kappa shape index (κ2) is 10.6. The molecule has 1 aromatic heterocycles. The summed E-state index contributed by atoms with van der Waals surface area (Å²) in [7, 11) is 0. The molecule has 1 heterocycles. The van der Waals surface area contributed by atoms with Gasteiger partial charge in [-0.1, -0.05) is 48.2 Å². The van der Waals surface area contributed by atoms with Gasteiger partial charge < -0.3 is 10.6 Å². The van der Waals surface area contributed by atoms with Crippen molar-refractivity contribution in [3.8, 4) is 5.69 Å². The lowest BCUT2D eigenvalue weighted by molar-refractivity contribution is -0.384. The number of thioether (sulfide) groups is 1. The molecular formula is C23H19FN6O3S. The van der Waals surface area contributed by atoms with Crippen LogP contribution in [0.2, 0.25) is 0 Å². The van der Waals surface area contributed by atoms with Crippen molar-refractivity contribution in [3.63, 3.8) is 0 Å². The van der Waals surface area contributed by atoms with E-state index in [9.17, 15) is 19.3 Å². The average Bonchev–Trinajstić information content (AvgIpc) is 3.25. The van der Waals surface area contributed by atoms with Gasteiger partial charge in [0, 0.05) is 29.3 Å². The van der Waals surface area contributed by atoms with Crippen molar-refractivity contribution in [2.75, 3.05) is 5.32 Å². The largest absolute Gasteiger partial charge is 0.331 e. The van der Waals surface area contributed by atoms with Crippen LogP contribution in [0, 0.1) is 15.9 Å². The van der Waals surface area contributed by atoms with E-state index < -0.39 is 16.8 Å². The molecule has 0 atom stereocenters. The van der Waals surface area contributed by atoms with Crippen molar-refractivity contribution in [1.82, 2.24) is 20.1 Å². The summed E-state index contributed by atoms with van der Waals surface area (Å²) in [6, 6.07) is 20.8. The van der Waals surface area contributed by atoms with Gasteiger partial charge in [0.2, 0.25) is 0 Å². The minimum absolute atomic E-state index is 0.0248. The lowest BCUT2D eigenvalue weighted by atomic mass is 10.2. The van der Waals surface area contributed by atoms with Crippen molar-refractivity contribution in [1.29, 1.82) is 0 Å². The number of nitrogens with zero attached hydrogens (tertiary/aromatic N) is 4. The molecule has 0 saturated heterocycles. The van der Waals surface area contributed by atoms with Crippen molar-refractivity contribution < 1.29 is 14.1 Å². The summed E-state index contributed by atoms with van der Waals surface area (Å²) < 4.78 is 15.1. The maximum Gasteiger partial charge on any atom is 0.319 e. The quantitative estimate of drug-likeness (QED) is 0.211. The first kappa shape index (κ1) is 22.9. The summed E-state index contributed by atoms with van der Waals surface area (Å²) in [4.78, 5) is 22.9. The van der Waals surface area contributed by atoms with Gasteiger partial charge in [0.1, 0.15) is 5.82 Å². The highest BCUT2D eigenvalue weighted by Crippen LogP contribution is 2.26. The average molecular weight is 479 g/mol. The third-order valence-electron chi connectivity index (χ3n) is 4.72. The van der Waals surface area contributed by atoms with Gasteiger partial charge >= 0.3 is 6.03 Å². The molecule has 172 valence electrons. The van der Waals surface area contributed by atoms with Crippen LogP contribution in [0.5, 0.6) is 0 Å². The molecule has 0 spiro atoms. The van der Waals surface area contributed by atoms with Gasteiger partial charge in [0.05, 0.1) is 11.5 Å². The summed E-state index contributed by atoms with van der Waals surface area (Å²) in [6.07, 6.45) is 0. The number of urea groups is 1. The Morgan fingerprint density at radius 1 is 1.03 bits per heavy atom. The fourth-order valence-corrected chi connectivity index (χ4v) is 4.04. The van der Waals surface area contributed by atoms with E-state index in [0.717, 1.165) is 5.56 Å². The molecule has 11 heteroatoms. The Bertz CT molecular complexity index is 1300. The Hall–Kier alpha value is -4.25. The minimum Gasteiger partial charge on any atom is -0.331 e. The summed E-state index contributed by atoms with van der Waals surface area (Å²) >= 11 is 1.45. The molecule has 0 aliphatic rings. The van der Waals surface area contributed by atoms with Gasteiger partial charge in [0.15, 0.2) is 11.0 Å². The molecule has 0 fully saturated rings. The molecule has 4 aromatic rings. The van der Waals surface area contributed by atoms with Crippen LogP contribution in [-0.4, -0.2) is 25.7 Å². The summed E-state index contributed by atoms with van der Waals surface area (Å²) in [5.41, 5.74) is 1.99. The van der Waals surface area contributed by atoms with Gasteiger partial charge in [-0.2, -0.15) is 0 Å². The number of carbonyl (C=O) groups is 1. The number of hydrogen-bond acceptors (Lipinski definition) is 6. The number of nitro benzene ring substituents is 1. The number of anilines is 1. The number of halogens is 1. The highest BCUT2D eigenvalue weighted by atomic mass is 32.2. The fourth-order valence-electron chi connectivity index (χ4n) is 3.11. The van der Waals surface area contributed by atoms with Crippen LogP contribution in [0.1, 0.15) is 11.4 Å². The van der Waals surface area contributed by atoms with Gasteiger partial charge in [-0.25, -0.2) is 9.18 Å². The van der Waals surface area contributed by atoms with Crippen molar-refractivity contribution in [2.24, 2.45) is 0 Å². The first-order valence-electron chi connectivity index (χ1n) is 10.2. The predicted molar refractivity (Wildman–Crippen MR) is 126 cm³/mol. The van der Waals surface area contributed by atoms with Gasteiger partial charge in [-0.05, 0) is 35.9 Å². The Kier molecular flexibility index (Phi) is 7.13. The van der Waals surface area contributed by atoms with E-state index in [-0.39, 0.29) is 12.2 Å². The van der Waals surface area contributed by atoms with Crippen LogP contribution >= 0.6 is 11.8 Å². The molecule has 34 heavy (non-hydrogen) atoms. The molecule has 9 nitrogen and oxygen atoms in total. The first-order valence-corrected chi connectivity index (χ1v) is 11.1. The molecule has 0 saturated carbocycles. The standard InChI is InChI=1S/C23H19FN6O3S/c24-17-7-4-8-18(13-17)26-22(31)25-14-21-27-28-23(34-15-16-5-2-1-3-6-16)29(21)19-9-11-20(12-10-19)30(32)33/h1-13H,14-15H2,(H2,25,26,31). The third kappa shape index (κ3) is 5.75. The molecule has 2 amide bonds. The molecule has 4 rings (SSSR count). The van der Waals surface area contributed by atoms with Crippen LogP contribution in [0.3, 0.4) is 0 Å². The Morgan fingerprint density at radius 3 is 2.50 bits per heavy atom. The van der Waals surface area contributed by atoms with Crippen LogP contribution < -0.4 is 10.6 Å². The van der Waals surface area contributed by atoms with Gasteiger partial charge in [-0.15, -0.1) is 10.2 Å². The monoisotopic (exact) mass is 478 g/mol. The maximum absolute atomic E-state index is 13.3. The Morgan fingerprint density at radius 2 is 1.79 bits per heavy atom. The van der Waals surface area contributed by atoms with Crippen LogP contribution in [0.15, 0.2) is 84.0 Å². The van der Waals surface area contributed by atoms with Crippen molar-refractivity contribution in [2.45, 2.75) is 17.5 Å². The normalized spacial score (nSPS) is 10.6. The van der Waals surface area contributed by atoms with E-state index in [4.69, 9.17) is 0 Å². The topological polar surface area (TPSA) is 115 Å². The molecule has 0 unspecified atom stereocenters. The molecular weight excluding hydrogens is 459 g/mol. The number of aromatic nitrogens is 3. The number of rotatable bonds is 8. The molecule has 2 N–H and O–H groups in total. The van der Waals surface area contributed by atoms with E-state index in [2.05, 4.69) is 20.8 Å². The van der Waals surface area contributed by atoms with E-state index in [0.29, 0.717) is 28.1 Å². The Labute approximate surface area is 198 Å². The highest BCUT2D eigenvalue weighted by molar-refractivity contribution is 7.98. The summed E-state index contributed by atoms with van der Waals surface area (Å²) in [6.45, 7) is 0.0248. The summed E-state index contributed by atoms with van der Waals surface area (Å²) in [5.74, 6) is 0.606. The number of benzene rings is 3.